The van der Waals surface area contributed by atoms with E-state index in [2.05, 4.69) is 4.72 Å². The number of rotatable bonds is 3. The van der Waals surface area contributed by atoms with E-state index in [1.54, 1.807) is 0 Å². The van der Waals surface area contributed by atoms with Gasteiger partial charge in [0.15, 0.2) is 5.82 Å². The first-order valence-electron chi connectivity index (χ1n) is 5.54. The van der Waals surface area contributed by atoms with E-state index in [4.69, 9.17) is 11.6 Å². The number of benzene rings is 2. The Morgan fingerprint density at radius 2 is 1.85 bits per heavy atom. The van der Waals surface area contributed by atoms with Crippen molar-refractivity contribution in [3.05, 3.63) is 58.6 Å². The average Bonchev–Trinajstić information content (AvgIpc) is 2.34. The van der Waals surface area contributed by atoms with Gasteiger partial charge in [-0.25, -0.2) is 17.2 Å². The van der Waals surface area contributed by atoms with Crippen molar-refractivity contribution in [3.63, 3.8) is 0 Å². The number of anilines is 1. The molecule has 0 aliphatic rings. The first-order chi connectivity index (χ1) is 9.31. The predicted octanol–water partition coefficient (Wildman–Crippen LogP) is 3.73. The maximum atomic E-state index is 13.7. The Bertz CT molecular complexity index is 763. The third kappa shape index (κ3) is 2.91. The van der Waals surface area contributed by atoms with Crippen molar-refractivity contribution >= 4 is 27.3 Å². The van der Waals surface area contributed by atoms with Gasteiger partial charge in [0, 0.05) is 0 Å². The Balaban J connectivity index is 2.44. The second-order valence-corrected chi connectivity index (χ2v) is 6.17. The van der Waals surface area contributed by atoms with Gasteiger partial charge in [-0.05, 0) is 42.8 Å². The molecule has 0 bridgehead atoms. The van der Waals surface area contributed by atoms with E-state index in [9.17, 15) is 17.2 Å². The van der Waals surface area contributed by atoms with Gasteiger partial charge in [0.25, 0.3) is 10.0 Å². The molecule has 0 aromatic heterocycles. The highest BCUT2D eigenvalue weighted by molar-refractivity contribution is 7.92. The Hall–Kier alpha value is -1.66. The van der Waals surface area contributed by atoms with Crippen LogP contribution in [0.25, 0.3) is 0 Å². The predicted molar refractivity (Wildman–Crippen MR) is 73.4 cm³/mol. The van der Waals surface area contributed by atoms with E-state index in [1.807, 2.05) is 0 Å². The molecule has 106 valence electrons. The van der Waals surface area contributed by atoms with Crippen LogP contribution in [0.2, 0.25) is 5.02 Å². The van der Waals surface area contributed by atoms with E-state index in [-0.39, 0.29) is 21.2 Å². The maximum absolute atomic E-state index is 13.7. The zero-order chi connectivity index (χ0) is 14.9. The minimum Gasteiger partial charge on any atom is -0.277 e. The van der Waals surface area contributed by atoms with Gasteiger partial charge in [-0.1, -0.05) is 17.7 Å². The Kier molecular flexibility index (Phi) is 3.96. The fourth-order valence-corrected chi connectivity index (χ4v) is 3.16. The van der Waals surface area contributed by atoms with Crippen molar-refractivity contribution in [1.82, 2.24) is 0 Å². The summed E-state index contributed by atoms with van der Waals surface area (Å²) in [6.45, 7) is 1.45. The number of hydrogen-bond donors (Lipinski definition) is 1. The molecular weight excluding hydrogens is 308 g/mol. The number of sulfonamides is 1. The molecule has 0 unspecified atom stereocenters. The summed E-state index contributed by atoms with van der Waals surface area (Å²) in [6.07, 6.45) is 0. The fourth-order valence-electron chi connectivity index (χ4n) is 1.70. The van der Waals surface area contributed by atoms with Crippen molar-refractivity contribution in [2.45, 2.75) is 11.8 Å². The van der Waals surface area contributed by atoms with Crippen LogP contribution in [0.4, 0.5) is 14.5 Å². The molecule has 20 heavy (non-hydrogen) atoms. The lowest BCUT2D eigenvalue weighted by molar-refractivity contribution is 0.596. The zero-order valence-electron chi connectivity index (χ0n) is 10.3. The highest BCUT2D eigenvalue weighted by Gasteiger charge is 2.19. The molecule has 0 heterocycles. The van der Waals surface area contributed by atoms with Gasteiger partial charge in [-0.2, -0.15) is 0 Å². The van der Waals surface area contributed by atoms with Crippen LogP contribution < -0.4 is 4.72 Å². The molecule has 0 radical (unpaired) electrons. The highest BCUT2D eigenvalue weighted by Crippen LogP contribution is 2.25. The van der Waals surface area contributed by atoms with E-state index in [1.165, 1.54) is 25.1 Å². The lowest BCUT2D eigenvalue weighted by Gasteiger charge is -2.11. The van der Waals surface area contributed by atoms with Crippen LogP contribution in [0, 0.1) is 18.6 Å². The van der Waals surface area contributed by atoms with Gasteiger partial charge in [0.1, 0.15) is 5.82 Å². The smallest absolute Gasteiger partial charge is 0.262 e. The molecule has 2 aromatic rings. The maximum Gasteiger partial charge on any atom is 0.262 e. The molecule has 0 spiro atoms. The molecular formula is C13H10ClF2NO2S. The summed E-state index contributed by atoms with van der Waals surface area (Å²) in [5.41, 5.74) is -0.0406. The lowest BCUT2D eigenvalue weighted by atomic mass is 10.2. The van der Waals surface area contributed by atoms with Crippen molar-refractivity contribution < 1.29 is 17.2 Å². The van der Waals surface area contributed by atoms with Crippen LogP contribution in [-0.4, -0.2) is 8.42 Å². The Morgan fingerprint density at radius 1 is 1.15 bits per heavy atom. The van der Waals surface area contributed by atoms with Gasteiger partial charge in [-0.15, -0.1) is 0 Å². The van der Waals surface area contributed by atoms with Crippen LogP contribution in [0.15, 0.2) is 41.3 Å². The summed E-state index contributed by atoms with van der Waals surface area (Å²) in [5.74, 6) is -1.41. The molecule has 0 atom stereocenters. The Morgan fingerprint density at radius 3 is 2.50 bits per heavy atom. The number of hydrogen-bond acceptors (Lipinski definition) is 2. The summed E-state index contributed by atoms with van der Waals surface area (Å²) in [5, 5.41) is -0.193. The minimum absolute atomic E-state index is 0.127. The Labute approximate surface area is 120 Å². The average molecular weight is 318 g/mol. The fraction of sp³-hybridized carbons (Fsp3) is 0.0769. The van der Waals surface area contributed by atoms with Crippen molar-refractivity contribution in [3.8, 4) is 0 Å². The van der Waals surface area contributed by atoms with Gasteiger partial charge in [0.2, 0.25) is 0 Å². The van der Waals surface area contributed by atoms with Crippen LogP contribution in [0.3, 0.4) is 0 Å². The first kappa shape index (κ1) is 14.7. The van der Waals surface area contributed by atoms with Crippen molar-refractivity contribution in [1.29, 1.82) is 0 Å². The summed E-state index contributed by atoms with van der Waals surface area (Å²) >= 11 is 5.58. The molecule has 0 saturated heterocycles. The molecule has 7 heteroatoms. The number of nitrogens with one attached hydrogen (secondary N) is 1. The molecule has 2 aromatic carbocycles. The minimum atomic E-state index is -4.02. The molecule has 0 aliphatic carbocycles. The van der Waals surface area contributed by atoms with Gasteiger partial charge in [-0.3, -0.25) is 4.72 Å². The quantitative estimate of drug-likeness (QED) is 0.937. The van der Waals surface area contributed by atoms with Crippen LogP contribution in [-0.2, 0) is 10.0 Å². The zero-order valence-corrected chi connectivity index (χ0v) is 11.9. The van der Waals surface area contributed by atoms with Crippen LogP contribution in [0.1, 0.15) is 5.56 Å². The summed E-state index contributed by atoms with van der Waals surface area (Å²) in [6, 6.07) is 7.20. The second-order valence-electron chi connectivity index (χ2n) is 4.12. The molecule has 0 fully saturated rings. The van der Waals surface area contributed by atoms with Gasteiger partial charge < -0.3 is 0 Å². The second kappa shape index (κ2) is 5.38. The van der Waals surface area contributed by atoms with Crippen molar-refractivity contribution in [2.24, 2.45) is 0 Å². The topological polar surface area (TPSA) is 46.2 Å². The van der Waals surface area contributed by atoms with E-state index in [0.29, 0.717) is 0 Å². The third-order valence-electron chi connectivity index (χ3n) is 2.62. The largest absolute Gasteiger partial charge is 0.277 e. The molecule has 0 aliphatic heterocycles. The molecule has 0 saturated carbocycles. The molecule has 2 rings (SSSR count). The monoisotopic (exact) mass is 317 g/mol. The standard InChI is InChI=1S/C13H10ClF2NO2S/c1-8-7-9(15)5-6-12(8)20(18,19)17-11-4-2-3-10(14)13(11)16/h2-7,17H,1H3. The molecule has 0 amide bonds. The van der Waals surface area contributed by atoms with E-state index < -0.39 is 21.7 Å². The number of halogens is 3. The molecule has 1 N–H and O–H groups in total. The lowest BCUT2D eigenvalue weighted by Crippen LogP contribution is -2.15. The number of aryl methyl sites for hydroxylation is 1. The van der Waals surface area contributed by atoms with Crippen LogP contribution in [0.5, 0.6) is 0 Å². The summed E-state index contributed by atoms with van der Waals surface area (Å²) in [7, 11) is -4.02. The summed E-state index contributed by atoms with van der Waals surface area (Å²) in [4.78, 5) is -0.127. The summed E-state index contributed by atoms with van der Waals surface area (Å²) < 4.78 is 53.1. The van der Waals surface area contributed by atoms with E-state index >= 15 is 0 Å². The van der Waals surface area contributed by atoms with Gasteiger partial charge in [0.05, 0.1) is 15.6 Å². The van der Waals surface area contributed by atoms with Crippen LogP contribution >= 0.6 is 11.6 Å². The van der Waals surface area contributed by atoms with Crippen molar-refractivity contribution in [2.75, 3.05) is 4.72 Å². The highest BCUT2D eigenvalue weighted by atomic mass is 35.5. The van der Waals surface area contributed by atoms with Gasteiger partial charge >= 0.3 is 0 Å². The SMILES string of the molecule is Cc1cc(F)ccc1S(=O)(=O)Nc1cccc(Cl)c1F. The third-order valence-corrected chi connectivity index (χ3v) is 4.44. The first-order valence-corrected chi connectivity index (χ1v) is 7.40. The molecule has 3 nitrogen and oxygen atoms in total. The normalized spacial score (nSPS) is 11.4. The van der Waals surface area contributed by atoms with E-state index in [0.717, 1.165) is 18.2 Å².